The van der Waals surface area contributed by atoms with E-state index in [9.17, 15) is 22.4 Å². The lowest BCUT2D eigenvalue weighted by molar-refractivity contribution is -0.119. The third-order valence-electron chi connectivity index (χ3n) is 4.95. The zero-order valence-electron chi connectivity index (χ0n) is 17.3. The Morgan fingerprint density at radius 2 is 1.94 bits per heavy atom. The minimum Gasteiger partial charge on any atom is -0.423 e. The number of amides is 2. The largest absolute Gasteiger partial charge is 0.423 e. The molecule has 1 aromatic carbocycles. The molecule has 1 saturated heterocycles. The number of aromatic nitrogens is 4. The number of benzene rings is 1. The van der Waals surface area contributed by atoms with E-state index < -0.39 is 37.4 Å². The highest BCUT2D eigenvalue weighted by Crippen LogP contribution is 2.36. The summed E-state index contributed by atoms with van der Waals surface area (Å²) >= 11 is 1.97. The van der Waals surface area contributed by atoms with Crippen LogP contribution >= 0.6 is 23.1 Å². The molecule has 0 bridgehead atoms. The second-order valence-electron chi connectivity index (χ2n) is 7.44. The number of halogens is 1. The van der Waals surface area contributed by atoms with E-state index in [0.717, 1.165) is 34.9 Å². The molecule has 2 unspecified atom stereocenters. The number of hydrogen-bond donors (Lipinski definition) is 1. The molecule has 0 radical (unpaired) electrons. The average molecular weight is 536 g/mol. The molecule has 1 fully saturated rings. The summed E-state index contributed by atoms with van der Waals surface area (Å²) in [6.45, 7) is 0. The van der Waals surface area contributed by atoms with Crippen LogP contribution in [-0.2, 0) is 21.1 Å². The molecule has 4 aromatic rings. The van der Waals surface area contributed by atoms with Crippen molar-refractivity contribution in [3.63, 3.8) is 0 Å². The quantitative estimate of drug-likeness (QED) is 0.364. The van der Waals surface area contributed by atoms with Gasteiger partial charge >= 0.3 is 0 Å². The molecule has 182 valence electrons. The van der Waals surface area contributed by atoms with Crippen molar-refractivity contribution in [2.24, 2.45) is 0 Å². The fourth-order valence-electron chi connectivity index (χ4n) is 3.39. The lowest BCUT2D eigenvalue weighted by atomic mass is 10.1. The predicted molar refractivity (Wildman–Crippen MR) is 129 cm³/mol. The standard InChI is InChI=1S/C20H14FN5O5S3.CH4/c1-34(29,30)16(18-26-25-15(31-18)7-13-17(27)24-20(28)33-13)19-23-11-4-2-9(6-12(11)32-19)10-3-5-14(21)22-8-10;/h2-6,8,13,16H,7H2,1H3,(H,24,27,28);1H4. The third-order valence-corrected chi connectivity index (χ3v) is 8.45. The number of nitrogens with one attached hydrogen (secondary N) is 1. The fourth-order valence-corrected chi connectivity index (χ4v) is 6.73. The molecular weight excluding hydrogens is 517 g/mol. The zero-order chi connectivity index (χ0) is 24.0. The molecule has 0 spiro atoms. The predicted octanol–water partition coefficient (Wildman–Crippen LogP) is 3.54. The molecule has 0 saturated carbocycles. The van der Waals surface area contributed by atoms with Crippen molar-refractivity contribution in [2.45, 2.75) is 24.3 Å². The van der Waals surface area contributed by atoms with Gasteiger partial charge in [-0.1, -0.05) is 25.3 Å². The molecule has 1 N–H and O–H groups in total. The van der Waals surface area contributed by atoms with Gasteiger partial charge in [-0.3, -0.25) is 14.9 Å². The third kappa shape index (κ3) is 5.09. The van der Waals surface area contributed by atoms with Gasteiger partial charge in [-0.2, -0.15) is 4.39 Å². The van der Waals surface area contributed by atoms with Crippen LogP contribution in [0.1, 0.15) is 29.5 Å². The number of thioether (sulfide) groups is 1. The van der Waals surface area contributed by atoms with Crippen LogP contribution in [0.3, 0.4) is 0 Å². The van der Waals surface area contributed by atoms with Crippen LogP contribution in [0.4, 0.5) is 9.18 Å². The van der Waals surface area contributed by atoms with E-state index in [1.807, 2.05) is 6.07 Å². The van der Waals surface area contributed by atoms with Gasteiger partial charge in [0, 0.05) is 24.4 Å². The van der Waals surface area contributed by atoms with Crippen LogP contribution in [0.15, 0.2) is 40.9 Å². The lowest BCUT2D eigenvalue weighted by Gasteiger charge is -2.07. The van der Waals surface area contributed by atoms with Crippen molar-refractivity contribution in [1.29, 1.82) is 0 Å². The summed E-state index contributed by atoms with van der Waals surface area (Å²) in [4.78, 5) is 31.3. The van der Waals surface area contributed by atoms with Crippen molar-refractivity contribution in [3.8, 4) is 11.1 Å². The smallest absolute Gasteiger partial charge is 0.286 e. The van der Waals surface area contributed by atoms with Gasteiger partial charge in [0.05, 0.1) is 10.2 Å². The van der Waals surface area contributed by atoms with E-state index >= 15 is 0 Å². The Balaban J connectivity index is 0.00000289. The van der Waals surface area contributed by atoms with Gasteiger partial charge in [0.15, 0.2) is 15.1 Å². The van der Waals surface area contributed by atoms with Gasteiger partial charge in [0.25, 0.3) is 5.24 Å². The molecule has 4 heterocycles. The van der Waals surface area contributed by atoms with Gasteiger partial charge in [-0.05, 0) is 29.8 Å². The van der Waals surface area contributed by atoms with E-state index in [2.05, 4.69) is 25.5 Å². The van der Waals surface area contributed by atoms with E-state index in [1.54, 1.807) is 18.2 Å². The van der Waals surface area contributed by atoms with Gasteiger partial charge in [0.1, 0.15) is 10.3 Å². The first kappa shape index (κ1) is 24.9. The molecule has 0 aliphatic carbocycles. The summed E-state index contributed by atoms with van der Waals surface area (Å²) < 4.78 is 44.8. The monoisotopic (exact) mass is 535 g/mol. The second kappa shape index (κ2) is 9.43. The maximum absolute atomic E-state index is 13.1. The normalized spacial score (nSPS) is 16.8. The van der Waals surface area contributed by atoms with Crippen LogP contribution in [0.25, 0.3) is 21.3 Å². The molecule has 2 atom stereocenters. The highest BCUT2D eigenvalue weighted by Gasteiger charge is 2.36. The summed E-state index contributed by atoms with van der Waals surface area (Å²) in [6, 6.07) is 8.19. The Morgan fingerprint density at radius 1 is 1.17 bits per heavy atom. The Morgan fingerprint density at radius 3 is 2.60 bits per heavy atom. The first-order valence-electron chi connectivity index (χ1n) is 9.72. The summed E-state index contributed by atoms with van der Waals surface area (Å²) in [6.07, 6.45) is 2.44. The van der Waals surface area contributed by atoms with Crippen molar-refractivity contribution in [1.82, 2.24) is 25.5 Å². The lowest BCUT2D eigenvalue weighted by Crippen LogP contribution is -2.25. The molecule has 10 nitrogen and oxygen atoms in total. The molecule has 3 aromatic heterocycles. The summed E-state index contributed by atoms with van der Waals surface area (Å²) in [7, 11) is -3.76. The first-order valence-corrected chi connectivity index (χ1v) is 13.4. The molecule has 1 aliphatic rings. The Labute approximate surface area is 207 Å². The number of hydrogen-bond acceptors (Lipinski definition) is 11. The number of carbonyl (C=O) groups is 2. The number of pyridine rings is 1. The Hall–Kier alpha value is -3.23. The van der Waals surface area contributed by atoms with E-state index in [1.165, 1.54) is 12.3 Å². The van der Waals surface area contributed by atoms with Crippen LogP contribution in [-0.4, -0.2) is 51.2 Å². The number of sulfone groups is 1. The minimum atomic E-state index is -3.76. The maximum Gasteiger partial charge on any atom is 0.286 e. The van der Waals surface area contributed by atoms with Gasteiger partial charge < -0.3 is 4.42 Å². The van der Waals surface area contributed by atoms with Crippen LogP contribution in [0.2, 0.25) is 0 Å². The number of carbonyl (C=O) groups excluding carboxylic acids is 2. The van der Waals surface area contributed by atoms with Gasteiger partial charge in [0.2, 0.25) is 23.6 Å². The average Bonchev–Trinajstić information content (AvgIpc) is 3.46. The molecular formula is C21H18FN5O5S3. The first-order chi connectivity index (χ1) is 16.2. The van der Waals surface area contributed by atoms with Crippen LogP contribution < -0.4 is 5.32 Å². The Bertz CT molecular complexity index is 1530. The van der Waals surface area contributed by atoms with Crippen LogP contribution in [0.5, 0.6) is 0 Å². The van der Waals surface area contributed by atoms with E-state index in [-0.39, 0.29) is 30.6 Å². The highest BCUT2D eigenvalue weighted by molar-refractivity contribution is 8.15. The highest BCUT2D eigenvalue weighted by atomic mass is 32.2. The summed E-state index contributed by atoms with van der Waals surface area (Å²) in [5.74, 6) is -1.18. The Kier molecular flexibility index (Phi) is 6.71. The summed E-state index contributed by atoms with van der Waals surface area (Å²) in [5, 5.41) is 7.68. The minimum absolute atomic E-state index is 0. The number of nitrogens with zero attached hydrogens (tertiary/aromatic N) is 4. The van der Waals surface area contributed by atoms with E-state index in [4.69, 9.17) is 4.42 Å². The molecule has 5 rings (SSSR count). The number of rotatable bonds is 6. The van der Waals surface area contributed by atoms with E-state index in [0.29, 0.717) is 15.8 Å². The van der Waals surface area contributed by atoms with Crippen molar-refractivity contribution in [3.05, 3.63) is 59.3 Å². The van der Waals surface area contributed by atoms with Crippen molar-refractivity contribution < 1.29 is 26.8 Å². The van der Waals surface area contributed by atoms with Gasteiger partial charge in [-0.15, -0.1) is 21.5 Å². The number of imide groups is 1. The van der Waals surface area contributed by atoms with Crippen molar-refractivity contribution in [2.75, 3.05) is 6.26 Å². The van der Waals surface area contributed by atoms with Crippen molar-refractivity contribution >= 4 is 54.3 Å². The van der Waals surface area contributed by atoms with Gasteiger partial charge in [-0.25, -0.2) is 18.4 Å². The van der Waals surface area contributed by atoms with Crippen LogP contribution in [0, 0.1) is 5.95 Å². The molecule has 35 heavy (non-hydrogen) atoms. The topological polar surface area (TPSA) is 145 Å². The zero-order valence-corrected chi connectivity index (χ0v) is 19.7. The maximum atomic E-state index is 13.1. The molecule has 1 aliphatic heterocycles. The molecule has 2 amide bonds. The molecule has 14 heteroatoms. The number of thiazole rings is 1. The second-order valence-corrected chi connectivity index (χ2v) is 11.8. The fraction of sp³-hybridized carbons (Fsp3) is 0.238. The summed E-state index contributed by atoms with van der Waals surface area (Å²) in [5.41, 5.74) is 2.05. The SMILES string of the molecule is C.CS(=O)(=O)C(c1nnc(CC2SC(=O)NC2=O)o1)c1nc2ccc(-c3ccc(F)nc3)cc2s1. The number of fused-ring (bicyclic) bond motifs is 1.